The number of rotatable bonds is 5. The van der Waals surface area contributed by atoms with Gasteiger partial charge in [-0.3, -0.25) is 0 Å². The molecule has 0 saturated heterocycles. The van der Waals surface area contributed by atoms with Gasteiger partial charge in [-0.2, -0.15) is 0 Å². The molecule has 0 rings (SSSR count). The van der Waals surface area contributed by atoms with Gasteiger partial charge in [0.25, 0.3) is 0 Å². The van der Waals surface area contributed by atoms with Crippen molar-refractivity contribution in [3.63, 3.8) is 0 Å². The Bertz CT molecular complexity index is 108. The van der Waals surface area contributed by atoms with Crippen molar-refractivity contribution in [1.82, 2.24) is 0 Å². The van der Waals surface area contributed by atoms with E-state index in [1.165, 1.54) is 32.1 Å². The van der Waals surface area contributed by atoms with E-state index in [9.17, 15) is 0 Å². The Morgan fingerprint density at radius 1 is 1.08 bits per heavy atom. The van der Waals surface area contributed by atoms with Gasteiger partial charge in [0.1, 0.15) is 2.14 Å². The van der Waals surface area contributed by atoms with Crippen LogP contribution in [0, 0.1) is 0 Å². The van der Waals surface area contributed by atoms with Crippen LogP contribution in [0.5, 0.6) is 0 Å². The molecule has 0 aromatic carbocycles. The summed E-state index contributed by atoms with van der Waals surface area (Å²) in [6.45, 7) is 2.23. The molecule has 0 aliphatic rings. The van der Waals surface area contributed by atoms with E-state index in [4.69, 9.17) is 0 Å². The normalized spacial score (nSPS) is 14.8. The predicted octanol–water partition coefficient (Wildman–Crippen LogP) is 5.56. The van der Waals surface area contributed by atoms with E-state index >= 15 is 0 Å². The molecule has 0 bridgehead atoms. The van der Waals surface area contributed by atoms with Gasteiger partial charge in [-0.05, 0) is 6.42 Å². The summed E-state index contributed by atoms with van der Waals surface area (Å²) in [5, 5.41) is 0. The van der Waals surface area contributed by atoms with Crippen molar-refractivity contribution in [2.24, 2.45) is 0 Å². The fraction of sp³-hybridized carbons (Fsp3) is 1.00. The summed E-state index contributed by atoms with van der Waals surface area (Å²) in [7, 11) is 0. The topological polar surface area (TPSA) is 0 Å². The molecule has 1 unspecified atom stereocenters. The zero-order valence-electron chi connectivity index (χ0n) is 7.12. The van der Waals surface area contributed by atoms with Crippen molar-refractivity contribution in [2.45, 2.75) is 46.0 Å². The first-order valence-electron chi connectivity index (χ1n) is 4.19. The lowest BCUT2D eigenvalue weighted by atomic mass is 10.1. The van der Waals surface area contributed by atoms with E-state index in [1.54, 1.807) is 0 Å². The third kappa shape index (κ3) is 7.34. The number of unbranched alkanes of at least 4 members (excludes halogenated alkanes) is 3. The van der Waals surface area contributed by atoms with Crippen molar-refractivity contribution >= 4 is 63.7 Å². The molecule has 0 aromatic rings. The molecule has 74 valence electrons. The lowest BCUT2D eigenvalue weighted by Gasteiger charge is -2.19. The number of alkyl halides is 4. The smallest absolute Gasteiger partial charge is 0.0857 e. The largest absolute Gasteiger partial charge is 0.147 e. The molecule has 0 spiro atoms. The Balaban J connectivity index is 3.38. The SMILES string of the molecule is CCCCCCC(Br)C(Br)(Br)Br. The zero-order valence-corrected chi connectivity index (χ0v) is 13.5. The summed E-state index contributed by atoms with van der Waals surface area (Å²) in [5.41, 5.74) is 0. The van der Waals surface area contributed by atoms with E-state index in [1.807, 2.05) is 0 Å². The van der Waals surface area contributed by atoms with Crippen LogP contribution in [-0.2, 0) is 0 Å². The van der Waals surface area contributed by atoms with Crippen molar-refractivity contribution in [2.75, 3.05) is 0 Å². The number of hydrogen-bond donors (Lipinski definition) is 0. The highest BCUT2D eigenvalue weighted by Crippen LogP contribution is 2.42. The van der Waals surface area contributed by atoms with E-state index in [0.717, 1.165) is 0 Å². The molecule has 1 atom stereocenters. The predicted molar refractivity (Wildman–Crippen MR) is 71.0 cm³/mol. The van der Waals surface area contributed by atoms with Crippen LogP contribution in [0.3, 0.4) is 0 Å². The number of hydrogen-bond acceptors (Lipinski definition) is 0. The van der Waals surface area contributed by atoms with Gasteiger partial charge in [0.05, 0.1) is 0 Å². The van der Waals surface area contributed by atoms with Crippen LogP contribution < -0.4 is 0 Å². The highest BCUT2D eigenvalue weighted by molar-refractivity contribution is 9.40. The first kappa shape index (κ1) is 13.9. The van der Waals surface area contributed by atoms with Crippen molar-refractivity contribution in [3.05, 3.63) is 0 Å². The summed E-state index contributed by atoms with van der Waals surface area (Å²) in [5.74, 6) is 0. The monoisotopic (exact) mass is 426 g/mol. The summed E-state index contributed by atoms with van der Waals surface area (Å²) in [4.78, 5) is 0.432. The second-order valence-corrected chi connectivity index (χ2v) is 10.9. The molecule has 4 heteroatoms. The molecule has 0 radical (unpaired) electrons. The Morgan fingerprint density at radius 3 is 2.08 bits per heavy atom. The van der Waals surface area contributed by atoms with Gasteiger partial charge in [-0.25, -0.2) is 0 Å². The van der Waals surface area contributed by atoms with Crippen molar-refractivity contribution in [3.8, 4) is 0 Å². The van der Waals surface area contributed by atoms with Crippen molar-refractivity contribution < 1.29 is 0 Å². The molecule has 0 N–H and O–H groups in total. The first-order valence-corrected chi connectivity index (χ1v) is 7.48. The van der Waals surface area contributed by atoms with Crippen LogP contribution in [0.1, 0.15) is 39.0 Å². The Kier molecular flexibility index (Phi) is 8.40. The van der Waals surface area contributed by atoms with Gasteiger partial charge in [0.2, 0.25) is 0 Å². The van der Waals surface area contributed by atoms with Gasteiger partial charge in [-0.15, -0.1) is 0 Å². The molecule has 0 aromatic heterocycles. The molecular weight excluding hydrogens is 416 g/mol. The Morgan fingerprint density at radius 2 is 1.67 bits per heavy atom. The van der Waals surface area contributed by atoms with E-state index in [0.29, 0.717) is 4.83 Å². The molecule has 0 aliphatic heterocycles. The minimum atomic E-state index is -0.140. The molecule has 0 nitrogen and oxygen atoms in total. The maximum Gasteiger partial charge on any atom is 0.147 e. The maximum absolute atomic E-state index is 3.61. The lowest BCUT2D eigenvalue weighted by Crippen LogP contribution is -2.16. The fourth-order valence-corrected chi connectivity index (χ4v) is 1.92. The summed E-state index contributed by atoms with van der Waals surface area (Å²) in [6.07, 6.45) is 6.45. The Hall–Kier alpha value is 1.92. The molecule has 0 amide bonds. The van der Waals surface area contributed by atoms with Crippen LogP contribution in [0.2, 0.25) is 0 Å². The molecule has 0 heterocycles. The van der Waals surface area contributed by atoms with Gasteiger partial charge in [0.15, 0.2) is 0 Å². The summed E-state index contributed by atoms with van der Waals surface area (Å²) >= 11 is 14.1. The minimum Gasteiger partial charge on any atom is -0.0857 e. The average Bonchev–Trinajstić information content (AvgIpc) is 1.96. The maximum atomic E-state index is 3.61. The van der Waals surface area contributed by atoms with Gasteiger partial charge >= 0.3 is 0 Å². The highest BCUT2D eigenvalue weighted by Gasteiger charge is 2.27. The summed E-state index contributed by atoms with van der Waals surface area (Å²) in [6, 6.07) is 0. The second kappa shape index (κ2) is 7.24. The van der Waals surface area contributed by atoms with Gasteiger partial charge < -0.3 is 0 Å². The first-order chi connectivity index (χ1) is 5.48. The molecule has 12 heavy (non-hydrogen) atoms. The fourth-order valence-electron chi connectivity index (χ4n) is 0.914. The third-order valence-electron chi connectivity index (χ3n) is 1.67. The molecule has 0 fully saturated rings. The second-order valence-electron chi connectivity index (χ2n) is 2.86. The van der Waals surface area contributed by atoms with E-state index in [-0.39, 0.29) is 2.14 Å². The van der Waals surface area contributed by atoms with Crippen LogP contribution in [-0.4, -0.2) is 6.97 Å². The molecule has 0 saturated carbocycles. The highest BCUT2D eigenvalue weighted by atomic mass is 80.0. The van der Waals surface area contributed by atoms with Crippen molar-refractivity contribution in [1.29, 1.82) is 0 Å². The van der Waals surface area contributed by atoms with Crippen LogP contribution in [0.4, 0.5) is 0 Å². The molecule has 0 aliphatic carbocycles. The third-order valence-corrected chi connectivity index (χ3v) is 6.31. The van der Waals surface area contributed by atoms with E-state index < -0.39 is 0 Å². The van der Waals surface area contributed by atoms with Gasteiger partial charge in [0, 0.05) is 4.83 Å². The summed E-state index contributed by atoms with van der Waals surface area (Å²) < 4.78 is -0.140. The molecular formula is C8H14Br4. The van der Waals surface area contributed by atoms with E-state index in [2.05, 4.69) is 70.6 Å². The average molecular weight is 430 g/mol. The zero-order chi connectivity index (χ0) is 9.61. The number of halogens is 4. The van der Waals surface area contributed by atoms with Gasteiger partial charge in [-0.1, -0.05) is 96.3 Å². The van der Waals surface area contributed by atoms with Crippen LogP contribution >= 0.6 is 63.7 Å². The van der Waals surface area contributed by atoms with Crippen LogP contribution in [0.15, 0.2) is 0 Å². The lowest BCUT2D eigenvalue weighted by molar-refractivity contribution is 0.630. The quantitative estimate of drug-likeness (QED) is 0.396. The Labute approximate surface area is 109 Å². The van der Waals surface area contributed by atoms with Crippen LogP contribution in [0.25, 0.3) is 0 Å². The standard InChI is InChI=1S/C8H14Br4/c1-2-3-4-5-6-7(9)8(10,11)12/h7H,2-6H2,1H3. The minimum absolute atomic E-state index is 0.140.